The summed E-state index contributed by atoms with van der Waals surface area (Å²) in [5.74, 6) is 0. The van der Waals surface area contributed by atoms with E-state index in [1.54, 1.807) is 11.1 Å². The SMILES string of the molecule is CC1=C(/C(C)=C(C)/C(C)=C(C)/C(C)=C(C)/C(C)=C(\C)C=NCC(C)[NH-])C(C)(C)CCC1.[Rb+]. The number of allylic oxidation sites excluding steroid dienone is 10. The molecule has 0 aromatic rings. The molecular weight excluding hydrogens is 462 g/mol. The summed E-state index contributed by atoms with van der Waals surface area (Å²) in [5, 5.41) is 0. The van der Waals surface area contributed by atoms with Gasteiger partial charge in [-0.3, -0.25) is 4.99 Å². The van der Waals surface area contributed by atoms with E-state index in [1.165, 1.54) is 63.8 Å². The van der Waals surface area contributed by atoms with Crippen LogP contribution in [0.15, 0.2) is 60.7 Å². The van der Waals surface area contributed by atoms with E-state index in [-0.39, 0.29) is 69.6 Å². The van der Waals surface area contributed by atoms with Crippen LogP contribution in [0.5, 0.6) is 0 Å². The number of hydrogen-bond donors (Lipinski definition) is 0. The van der Waals surface area contributed by atoms with Crippen molar-refractivity contribution in [2.75, 3.05) is 6.54 Å². The van der Waals surface area contributed by atoms with Gasteiger partial charge in [-0.05, 0) is 137 Å². The Morgan fingerprint density at radius 3 is 1.84 bits per heavy atom. The van der Waals surface area contributed by atoms with Crippen LogP contribution in [0.2, 0.25) is 0 Å². The maximum absolute atomic E-state index is 7.62. The van der Waals surface area contributed by atoms with E-state index in [4.69, 9.17) is 5.73 Å². The van der Waals surface area contributed by atoms with E-state index in [1.807, 2.05) is 13.1 Å². The van der Waals surface area contributed by atoms with Crippen LogP contribution < -0.4 is 58.2 Å². The van der Waals surface area contributed by atoms with Gasteiger partial charge in [0.15, 0.2) is 0 Å². The number of aliphatic imine (C=N–C) groups is 1. The minimum atomic E-state index is -0.151. The van der Waals surface area contributed by atoms with Crippen molar-refractivity contribution in [2.24, 2.45) is 10.4 Å². The number of nitrogens with one attached hydrogen (secondary N) is 1. The second-order valence-corrected chi connectivity index (χ2v) is 10.3. The minimum Gasteiger partial charge on any atom is -0.673 e. The van der Waals surface area contributed by atoms with Crippen LogP contribution in [0.3, 0.4) is 0 Å². The Labute approximate surface area is 248 Å². The molecule has 32 heavy (non-hydrogen) atoms. The molecule has 1 atom stereocenters. The molecule has 1 aliphatic carbocycles. The summed E-state index contributed by atoms with van der Waals surface area (Å²) in [6.45, 7) is 27.5. The number of rotatable bonds is 7. The fourth-order valence-electron chi connectivity index (χ4n) is 4.78. The predicted octanol–water partition coefficient (Wildman–Crippen LogP) is 6.37. The molecule has 1 N–H and O–H groups in total. The zero-order valence-electron chi connectivity index (χ0n) is 23.4. The van der Waals surface area contributed by atoms with Gasteiger partial charge >= 0.3 is 58.2 Å². The average Bonchev–Trinajstić information content (AvgIpc) is 2.69. The Bertz CT molecular complexity index is 871. The van der Waals surface area contributed by atoms with Gasteiger partial charge in [-0.25, -0.2) is 0 Å². The van der Waals surface area contributed by atoms with E-state index < -0.39 is 0 Å². The minimum absolute atomic E-state index is 0. The van der Waals surface area contributed by atoms with E-state index >= 15 is 0 Å². The first-order valence-corrected chi connectivity index (χ1v) is 11.8. The van der Waals surface area contributed by atoms with Crippen molar-refractivity contribution in [2.45, 2.75) is 108 Å². The molecule has 0 amide bonds. The third kappa shape index (κ3) is 8.41. The van der Waals surface area contributed by atoms with Crippen molar-refractivity contribution < 1.29 is 58.2 Å². The summed E-state index contributed by atoms with van der Waals surface area (Å²) in [6, 6.07) is -0.151. The molecule has 0 fully saturated rings. The van der Waals surface area contributed by atoms with Crippen molar-refractivity contribution >= 4 is 6.21 Å². The smallest absolute Gasteiger partial charge is 0.673 e. The van der Waals surface area contributed by atoms with Gasteiger partial charge in [0.1, 0.15) is 0 Å². The van der Waals surface area contributed by atoms with Crippen LogP contribution in [-0.4, -0.2) is 18.8 Å². The third-order valence-corrected chi connectivity index (χ3v) is 7.46. The molecule has 3 heteroatoms. The summed E-state index contributed by atoms with van der Waals surface area (Å²) < 4.78 is 0. The molecule has 174 valence electrons. The molecule has 0 saturated heterocycles. The average molecular weight is 509 g/mol. The first-order chi connectivity index (χ1) is 14.2. The van der Waals surface area contributed by atoms with E-state index in [0.29, 0.717) is 6.54 Å². The van der Waals surface area contributed by atoms with Gasteiger partial charge in [0.2, 0.25) is 0 Å². The van der Waals surface area contributed by atoms with Crippen molar-refractivity contribution in [1.82, 2.24) is 0 Å². The van der Waals surface area contributed by atoms with Crippen molar-refractivity contribution in [1.29, 1.82) is 0 Å². The summed E-state index contributed by atoms with van der Waals surface area (Å²) >= 11 is 0. The summed E-state index contributed by atoms with van der Waals surface area (Å²) in [4.78, 5) is 4.42. The molecular formula is C29H47N2Rb. The van der Waals surface area contributed by atoms with E-state index in [0.717, 1.165) is 0 Å². The fourth-order valence-corrected chi connectivity index (χ4v) is 4.78. The predicted molar refractivity (Wildman–Crippen MR) is 141 cm³/mol. The fraction of sp³-hybridized carbons (Fsp3) is 0.621. The maximum atomic E-state index is 7.62. The second kappa shape index (κ2) is 13.9. The Balaban J connectivity index is 0.00000961. The molecule has 1 rings (SSSR count). The second-order valence-electron chi connectivity index (χ2n) is 10.3. The van der Waals surface area contributed by atoms with Crippen molar-refractivity contribution in [3.63, 3.8) is 0 Å². The number of nitrogens with zero attached hydrogens (tertiary/aromatic N) is 1. The molecule has 0 spiro atoms. The molecule has 0 radical (unpaired) electrons. The standard InChI is InChI=1S/C29H47N2.Rb/c1-18-14-13-15-29(11,12)28(18)27(10)26(9)25(8)24(7)23(6)22(5)21(4)19(2)16-31-17-20(3)30;/h16,20,30H,13-15,17H2,1-12H3;/q-1;+1/b21-19+,23-22+,25-24+,27-26+,31-16?;. The summed E-state index contributed by atoms with van der Waals surface area (Å²) in [5.41, 5.74) is 21.8. The normalized spacial score (nSPS) is 20.8. The van der Waals surface area contributed by atoms with Crippen LogP contribution >= 0.6 is 0 Å². The molecule has 1 unspecified atom stereocenters. The van der Waals surface area contributed by atoms with Gasteiger partial charge in [-0.1, -0.05) is 26.3 Å². The molecule has 0 aromatic heterocycles. The quantitative estimate of drug-likeness (QED) is 0.283. The van der Waals surface area contributed by atoms with Crippen LogP contribution in [0.25, 0.3) is 5.73 Å². The van der Waals surface area contributed by atoms with Gasteiger partial charge in [-0.15, -0.1) is 6.04 Å². The van der Waals surface area contributed by atoms with Crippen LogP contribution in [-0.2, 0) is 0 Å². The summed E-state index contributed by atoms with van der Waals surface area (Å²) in [7, 11) is 0. The first-order valence-electron chi connectivity index (χ1n) is 11.8. The zero-order chi connectivity index (χ0) is 24.1. The largest absolute Gasteiger partial charge is 1.00 e. The topological polar surface area (TPSA) is 36.2 Å². The van der Waals surface area contributed by atoms with Gasteiger partial charge in [0.25, 0.3) is 0 Å². The van der Waals surface area contributed by atoms with E-state index in [9.17, 15) is 0 Å². The molecule has 0 heterocycles. The molecule has 0 aromatic carbocycles. The van der Waals surface area contributed by atoms with Crippen LogP contribution in [0.4, 0.5) is 0 Å². The molecule has 0 bridgehead atoms. The van der Waals surface area contributed by atoms with Crippen molar-refractivity contribution in [3.8, 4) is 0 Å². The maximum Gasteiger partial charge on any atom is 1.00 e. The molecule has 0 aliphatic heterocycles. The molecule has 2 nitrogen and oxygen atoms in total. The summed E-state index contributed by atoms with van der Waals surface area (Å²) in [6.07, 6.45) is 5.73. The zero-order valence-corrected chi connectivity index (χ0v) is 28.3. The van der Waals surface area contributed by atoms with E-state index in [2.05, 4.69) is 81.2 Å². The number of hydrogen-bond acceptors (Lipinski definition) is 1. The van der Waals surface area contributed by atoms with Crippen LogP contribution in [0, 0.1) is 5.41 Å². The van der Waals surface area contributed by atoms with Crippen LogP contribution in [0.1, 0.15) is 102 Å². The molecule has 1 aliphatic rings. The first kappa shape index (κ1) is 32.1. The third-order valence-electron chi connectivity index (χ3n) is 7.46. The Morgan fingerprint density at radius 1 is 0.906 bits per heavy atom. The Morgan fingerprint density at radius 2 is 1.38 bits per heavy atom. The Kier molecular flexibility index (Phi) is 13.9. The molecule has 0 saturated carbocycles. The monoisotopic (exact) mass is 508 g/mol. The van der Waals surface area contributed by atoms with Gasteiger partial charge in [0, 0.05) is 12.8 Å². The van der Waals surface area contributed by atoms with Gasteiger partial charge < -0.3 is 5.73 Å². The van der Waals surface area contributed by atoms with Gasteiger partial charge in [-0.2, -0.15) is 0 Å². The van der Waals surface area contributed by atoms with Gasteiger partial charge in [0.05, 0.1) is 0 Å². The van der Waals surface area contributed by atoms with Crippen molar-refractivity contribution in [3.05, 3.63) is 61.5 Å². The Hall–Kier alpha value is 0.135.